The first kappa shape index (κ1) is 38.8. The van der Waals surface area contributed by atoms with E-state index >= 15 is 0 Å². The van der Waals surface area contributed by atoms with E-state index in [1.165, 1.54) is 44.9 Å². The standard InChI is InChI=1S/C30H58NO8P/c1-3-5-7-9-11-12-13-14-15-17-18-20-22-29(32)36-26-28(27-38-40(34,35)37-25-24-31)39-30(33)23-21-19-16-10-8-6-4-2/h11-12,28H,3-10,13-27,31H2,1-2H3,(H,34,35)/b12-11+/t28-/m0/s1. The maximum Gasteiger partial charge on any atom is 0.472 e. The zero-order valence-corrected chi connectivity index (χ0v) is 26.2. The molecule has 0 rings (SSSR count). The molecule has 0 bridgehead atoms. The lowest BCUT2D eigenvalue weighted by molar-refractivity contribution is -0.161. The molecule has 9 nitrogen and oxygen atoms in total. The molecule has 10 heteroatoms. The van der Waals surface area contributed by atoms with Gasteiger partial charge in [-0.25, -0.2) is 4.57 Å². The van der Waals surface area contributed by atoms with Crippen molar-refractivity contribution in [2.75, 3.05) is 26.4 Å². The minimum Gasteiger partial charge on any atom is -0.462 e. The van der Waals surface area contributed by atoms with Crippen LogP contribution >= 0.6 is 7.82 Å². The molecule has 0 saturated heterocycles. The molecule has 0 aliphatic carbocycles. The molecule has 0 fully saturated rings. The van der Waals surface area contributed by atoms with Crippen LogP contribution in [0, 0.1) is 0 Å². The van der Waals surface area contributed by atoms with E-state index in [2.05, 4.69) is 26.0 Å². The van der Waals surface area contributed by atoms with Gasteiger partial charge < -0.3 is 20.1 Å². The molecule has 0 aromatic rings. The minimum absolute atomic E-state index is 0.0541. The van der Waals surface area contributed by atoms with Crippen molar-refractivity contribution in [2.24, 2.45) is 5.73 Å². The lowest BCUT2D eigenvalue weighted by atomic mass is 10.1. The third-order valence-electron chi connectivity index (χ3n) is 6.40. The van der Waals surface area contributed by atoms with Gasteiger partial charge in [0, 0.05) is 19.4 Å². The van der Waals surface area contributed by atoms with E-state index < -0.39 is 32.5 Å². The number of carbonyl (C=O) groups is 2. The first-order valence-corrected chi connectivity index (χ1v) is 17.2. The fraction of sp³-hybridized carbons (Fsp3) is 0.867. The summed E-state index contributed by atoms with van der Waals surface area (Å²) in [4.78, 5) is 34.3. The maximum atomic E-state index is 12.3. The van der Waals surface area contributed by atoms with Crippen molar-refractivity contribution < 1.29 is 37.6 Å². The number of hydrogen-bond donors (Lipinski definition) is 2. The monoisotopic (exact) mass is 591 g/mol. The minimum atomic E-state index is -4.35. The van der Waals surface area contributed by atoms with Gasteiger partial charge in [-0.1, -0.05) is 96.6 Å². The summed E-state index contributed by atoms with van der Waals surface area (Å²) in [6.45, 7) is 3.61. The average molecular weight is 592 g/mol. The predicted molar refractivity (Wildman–Crippen MR) is 160 cm³/mol. The summed E-state index contributed by atoms with van der Waals surface area (Å²) >= 11 is 0. The summed E-state index contributed by atoms with van der Waals surface area (Å²) < 4.78 is 32.3. The molecule has 0 saturated carbocycles. The summed E-state index contributed by atoms with van der Waals surface area (Å²) in [6, 6.07) is 0. The zero-order chi connectivity index (χ0) is 29.7. The first-order valence-electron chi connectivity index (χ1n) is 15.7. The van der Waals surface area contributed by atoms with Crippen molar-refractivity contribution in [3.8, 4) is 0 Å². The fourth-order valence-corrected chi connectivity index (χ4v) is 4.80. The van der Waals surface area contributed by atoms with E-state index in [1.807, 2.05) is 0 Å². The summed E-state index contributed by atoms with van der Waals surface area (Å²) in [7, 11) is -4.35. The maximum absolute atomic E-state index is 12.3. The average Bonchev–Trinajstić information content (AvgIpc) is 2.93. The van der Waals surface area contributed by atoms with Crippen LogP contribution in [0.25, 0.3) is 0 Å². The van der Waals surface area contributed by atoms with Crippen LogP contribution in [-0.4, -0.2) is 49.3 Å². The van der Waals surface area contributed by atoms with Crippen molar-refractivity contribution in [3.63, 3.8) is 0 Å². The number of allylic oxidation sites excluding steroid dienone is 2. The topological polar surface area (TPSA) is 134 Å². The van der Waals surface area contributed by atoms with Crippen LogP contribution in [0.2, 0.25) is 0 Å². The van der Waals surface area contributed by atoms with Gasteiger partial charge in [-0.05, 0) is 38.5 Å². The molecule has 0 aliphatic heterocycles. The number of phosphoric acid groups is 1. The molecule has 3 N–H and O–H groups in total. The van der Waals surface area contributed by atoms with Crippen molar-refractivity contribution >= 4 is 19.8 Å². The van der Waals surface area contributed by atoms with Crippen LogP contribution in [0.5, 0.6) is 0 Å². The summed E-state index contributed by atoms with van der Waals surface area (Å²) in [6.07, 6.45) is 22.6. The number of phosphoric ester groups is 1. The second-order valence-electron chi connectivity index (χ2n) is 10.3. The number of rotatable bonds is 29. The lowest BCUT2D eigenvalue weighted by Crippen LogP contribution is -2.29. The highest BCUT2D eigenvalue weighted by Gasteiger charge is 2.25. The molecular weight excluding hydrogens is 533 g/mol. The van der Waals surface area contributed by atoms with Gasteiger partial charge in [-0.15, -0.1) is 0 Å². The highest BCUT2D eigenvalue weighted by Crippen LogP contribution is 2.43. The Kier molecular flexibility index (Phi) is 27.0. The molecular formula is C30H58NO8P. The molecule has 0 aromatic heterocycles. The fourth-order valence-electron chi connectivity index (χ4n) is 4.04. The Bertz CT molecular complexity index is 689. The lowest BCUT2D eigenvalue weighted by Gasteiger charge is -2.19. The van der Waals surface area contributed by atoms with Crippen molar-refractivity contribution in [3.05, 3.63) is 12.2 Å². The second kappa shape index (κ2) is 27.9. The summed E-state index contributed by atoms with van der Waals surface area (Å²) in [5, 5.41) is 0. The Morgan fingerprint density at radius 3 is 1.82 bits per heavy atom. The van der Waals surface area contributed by atoms with E-state index in [4.69, 9.17) is 24.3 Å². The SMILES string of the molecule is CCCCC/C=C/CCCCCCCC(=O)OC[C@@H](COP(=O)(O)OCCN)OC(=O)CCCCCCCCC. The van der Waals surface area contributed by atoms with Crippen LogP contribution < -0.4 is 5.73 Å². The molecule has 0 amide bonds. The van der Waals surface area contributed by atoms with Gasteiger partial charge in [-0.2, -0.15) is 0 Å². The second-order valence-corrected chi connectivity index (χ2v) is 11.8. The number of nitrogens with two attached hydrogens (primary N) is 1. The Balaban J connectivity index is 4.30. The molecule has 0 spiro atoms. The van der Waals surface area contributed by atoms with Gasteiger partial charge in [0.15, 0.2) is 6.10 Å². The molecule has 1 unspecified atom stereocenters. The highest BCUT2D eigenvalue weighted by molar-refractivity contribution is 7.47. The van der Waals surface area contributed by atoms with Crippen molar-refractivity contribution in [1.82, 2.24) is 0 Å². The number of esters is 2. The highest BCUT2D eigenvalue weighted by atomic mass is 31.2. The van der Waals surface area contributed by atoms with Gasteiger partial charge in [0.05, 0.1) is 13.2 Å². The van der Waals surface area contributed by atoms with Crippen molar-refractivity contribution in [2.45, 2.75) is 142 Å². The Morgan fingerprint density at radius 2 is 1.23 bits per heavy atom. The number of unbranched alkanes of at least 4 members (excludes halogenated alkanes) is 14. The van der Waals surface area contributed by atoms with Crippen LogP contribution in [-0.2, 0) is 32.7 Å². The predicted octanol–water partition coefficient (Wildman–Crippen LogP) is 7.54. The van der Waals surface area contributed by atoms with Crippen LogP contribution in [0.15, 0.2) is 12.2 Å². The van der Waals surface area contributed by atoms with Crippen LogP contribution in [0.4, 0.5) is 0 Å². The van der Waals surface area contributed by atoms with Gasteiger partial charge in [0.25, 0.3) is 0 Å². The van der Waals surface area contributed by atoms with Crippen LogP contribution in [0.1, 0.15) is 136 Å². The van der Waals surface area contributed by atoms with E-state index in [9.17, 15) is 19.0 Å². The molecule has 0 heterocycles. The molecule has 0 aromatic carbocycles. The number of carbonyl (C=O) groups excluding carboxylic acids is 2. The Morgan fingerprint density at radius 1 is 0.725 bits per heavy atom. The van der Waals surface area contributed by atoms with Gasteiger partial charge in [0.2, 0.25) is 0 Å². The van der Waals surface area contributed by atoms with E-state index in [-0.39, 0.29) is 32.6 Å². The third kappa shape index (κ3) is 26.9. The third-order valence-corrected chi connectivity index (χ3v) is 7.39. The van der Waals surface area contributed by atoms with E-state index in [1.54, 1.807) is 0 Å². The van der Waals surface area contributed by atoms with Gasteiger partial charge >= 0.3 is 19.8 Å². The van der Waals surface area contributed by atoms with Gasteiger partial charge in [0.1, 0.15) is 6.61 Å². The largest absolute Gasteiger partial charge is 0.472 e. The molecule has 236 valence electrons. The van der Waals surface area contributed by atoms with E-state index in [0.29, 0.717) is 6.42 Å². The number of ether oxygens (including phenoxy) is 2. The van der Waals surface area contributed by atoms with Crippen molar-refractivity contribution in [1.29, 1.82) is 0 Å². The Hall–Kier alpha value is -1.25. The quantitative estimate of drug-likeness (QED) is 0.0391. The molecule has 0 aliphatic rings. The summed E-state index contributed by atoms with van der Waals surface area (Å²) in [5.41, 5.74) is 5.29. The molecule has 0 radical (unpaired) electrons. The van der Waals surface area contributed by atoms with E-state index in [0.717, 1.165) is 57.8 Å². The number of hydrogen-bond acceptors (Lipinski definition) is 8. The van der Waals surface area contributed by atoms with Crippen LogP contribution in [0.3, 0.4) is 0 Å². The smallest absolute Gasteiger partial charge is 0.462 e. The Labute approximate surface area is 243 Å². The normalized spacial score (nSPS) is 13.8. The summed E-state index contributed by atoms with van der Waals surface area (Å²) in [5.74, 6) is -0.848. The van der Waals surface area contributed by atoms with Gasteiger partial charge in [-0.3, -0.25) is 18.6 Å². The zero-order valence-electron chi connectivity index (χ0n) is 25.3. The molecule has 2 atom stereocenters. The first-order chi connectivity index (χ1) is 19.3. The molecule has 40 heavy (non-hydrogen) atoms.